The maximum Gasteiger partial charge on any atom is 0.220 e. The molecule has 0 aliphatic heterocycles. The summed E-state index contributed by atoms with van der Waals surface area (Å²) < 4.78 is 0. The quantitative estimate of drug-likeness (QED) is 0.805. The summed E-state index contributed by atoms with van der Waals surface area (Å²) in [5.74, 6) is 0.0702. The highest BCUT2D eigenvalue weighted by molar-refractivity contribution is 6.30. The standard InChI is InChI=1S/C17H19ClN2O/c18-15-6-1-14(2-7-15)11-12-20-17(21)10-5-13-3-8-16(19)9-4-13/h1-4,6-9H,5,10-12,19H2,(H,20,21). The van der Waals surface area contributed by atoms with E-state index in [1.165, 1.54) is 5.56 Å². The molecule has 0 aliphatic carbocycles. The summed E-state index contributed by atoms with van der Waals surface area (Å²) in [6, 6.07) is 15.3. The Balaban J connectivity index is 1.67. The van der Waals surface area contributed by atoms with E-state index in [9.17, 15) is 4.79 Å². The first-order chi connectivity index (χ1) is 10.1. The van der Waals surface area contributed by atoms with Crippen LogP contribution in [0.2, 0.25) is 5.02 Å². The van der Waals surface area contributed by atoms with E-state index in [0.717, 1.165) is 29.1 Å². The van der Waals surface area contributed by atoms with Crippen LogP contribution < -0.4 is 11.1 Å². The van der Waals surface area contributed by atoms with Gasteiger partial charge in [0.1, 0.15) is 0 Å². The predicted octanol–water partition coefficient (Wildman–Crippen LogP) is 3.21. The second-order valence-electron chi connectivity index (χ2n) is 4.97. The molecule has 110 valence electrons. The number of hydrogen-bond donors (Lipinski definition) is 2. The SMILES string of the molecule is Nc1ccc(CCC(=O)NCCc2ccc(Cl)cc2)cc1. The highest BCUT2D eigenvalue weighted by atomic mass is 35.5. The largest absolute Gasteiger partial charge is 0.399 e. The number of carbonyl (C=O) groups excluding carboxylic acids is 1. The molecule has 3 nitrogen and oxygen atoms in total. The van der Waals surface area contributed by atoms with E-state index in [2.05, 4.69) is 5.32 Å². The lowest BCUT2D eigenvalue weighted by Crippen LogP contribution is -2.25. The molecule has 0 heterocycles. The van der Waals surface area contributed by atoms with E-state index >= 15 is 0 Å². The minimum atomic E-state index is 0.0702. The second-order valence-corrected chi connectivity index (χ2v) is 5.40. The van der Waals surface area contributed by atoms with E-state index < -0.39 is 0 Å². The van der Waals surface area contributed by atoms with Gasteiger partial charge in [0.2, 0.25) is 5.91 Å². The van der Waals surface area contributed by atoms with Crippen LogP contribution in [0.5, 0.6) is 0 Å². The molecule has 1 amide bonds. The van der Waals surface area contributed by atoms with Crippen molar-refractivity contribution in [2.75, 3.05) is 12.3 Å². The maximum atomic E-state index is 11.8. The van der Waals surface area contributed by atoms with Gasteiger partial charge in [0, 0.05) is 23.7 Å². The number of aryl methyl sites for hydroxylation is 1. The van der Waals surface area contributed by atoms with Crippen molar-refractivity contribution in [2.45, 2.75) is 19.3 Å². The van der Waals surface area contributed by atoms with Crippen LogP contribution in [0, 0.1) is 0 Å². The monoisotopic (exact) mass is 302 g/mol. The van der Waals surface area contributed by atoms with Gasteiger partial charge in [-0.25, -0.2) is 0 Å². The van der Waals surface area contributed by atoms with Gasteiger partial charge in [-0.3, -0.25) is 4.79 Å². The summed E-state index contributed by atoms with van der Waals surface area (Å²) in [7, 11) is 0. The van der Waals surface area contributed by atoms with E-state index in [0.29, 0.717) is 13.0 Å². The lowest BCUT2D eigenvalue weighted by Gasteiger charge is -2.06. The van der Waals surface area contributed by atoms with Gasteiger partial charge in [-0.2, -0.15) is 0 Å². The molecule has 0 saturated heterocycles. The van der Waals surface area contributed by atoms with Crippen LogP contribution in [0.1, 0.15) is 17.5 Å². The second kappa shape index (κ2) is 7.70. The molecule has 3 N–H and O–H groups in total. The first kappa shape index (κ1) is 15.4. The van der Waals surface area contributed by atoms with Crippen LogP contribution in [-0.4, -0.2) is 12.5 Å². The summed E-state index contributed by atoms with van der Waals surface area (Å²) in [5.41, 5.74) is 8.65. The average molecular weight is 303 g/mol. The van der Waals surface area contributed by atoms with Crippen LogP contribution in [0.4, 0.5) is 5.69 Å². The first-order valence-corrected chi connectivity index (χ1v) is 7.37. The van der Waals surface area contributed by atoms with Crippen LogP contribution in [0.3, 0.4) is 0 Å². The molecule has 4 heteroatoms. The smallest absolute Gasteiger partial charge is 0.220 e. The van der Waals surface area contributed by atoms with E-state index in [-0.39, 0.29) is 5.91 Å². The van der Waals surface area contributed by atoms with Crippen molar-refractivity contribution in [1.29, 1.82) is 0 Å². The van der Waals surface area contributed by atoms with E-state index in [4.69, 9.17) is 17.3 Å². The number of amides is 1. The van der Waals surface area contributed by atoms with Gasteiger partial charge in [-0.05, 0) is 48.2 Å². The predicted molar refractivity (Wildman–Crippen MR) is 87.3 cm³/mol. The number of benzene rings is 2. The topological polar surface area (TPSA) is 55.1 Å². The third-order valence-corrected chi connectivity index (χ3v) is 3.52. The van der Waals surface area contributed by atoms with Crippen molar-refractivity contribution in [3.05, 3.63) is 64.7 Å². The van der Waals surface area contributed by atoms with Crippen molar-refractivity contribution in [3.8, 4) is 0 Å². The van der Waals surface area contributed by atoms with Gasteiger partial charge in [0.25, 0.3) is 0 Å². The Bertz CT molecular complexity index is 579. The molecular weight excluding hydrogens is 284 g/mol. The Kier molecular flexibility index (Phi) is 5.64. The number of nitrogen functional groups attached to an aromatic ring is 1. The fourth-order valence-corrected chi connectivity index (χ4v) is 2.15. The zero-order valence-corrected chi connectivity index (χ0v) is 12.6. The molecule has 0 aliphatic rings. The molecule has 2 aromatic rings. The fraction of sp³-hybridized carbons (Fsp3) is 0.235. The summed E-state index contributed by atoms with van der Waals surface area (Å²) in [4.78, 5) is 11.8. The third kappa shape index (κ3) is 5.48. The van der Waals surface area contributed by atoms with Crippen LogP contribution in [0.15, 0.2) is 48.5 Å². The van der Waals surface area contributed by atoms with Crippen LogP contribution in [-0.2, 0) is 17.6 Å². The third-order valence-electron chi connectivity index (χ3n) is 3.27. The lowest BCUT2D eigenvalue weighted by atomic mass is 10.1. The van der Waals surface area contributed by atoms with Crippen LogP contribution in [0.25, 0.3) is 0 Å². The molecular formula is C17H19ClN2O. The Morgan fingerprint density at radius 3 is 2.19 bits per heavy atom. The molecule has 2 aromatic carbocycles. The van der Waals surface area contributed by atoms with Crippen molar-refractivity contribution in [3.63, 3.8) is 0 Å². The number of anilines is 1. The Hall–Kier alpha value is -2.00. The number of nitrogens with two attached hydrogens (primary N) is 1. The van der Waals surface area contributed by atoms with Gasteiger partial charge >= 0.3 is 0 Å². The normalized spacial score (nSPS) is 10.3. The van der Waals surface area contributed by atoms with Crippen molar-refractivity contribution >= 4 is 23.2 Å². The Labute approximate surface area is 130 Å². The lowest BCUT2D eigenvalue weighted by molar-refractivity contribution is -0.121. The zero-order chi connectivity index (χ0) is 15.1. The van der Waals surface area contributed by atoms with Crippen molar-refractivity contribution in [2.24, 2.45) is 0 Å². The molecule has 0 saturated carbocycles. The number of halogens is 1. The Morgan fingerprint density at radius 1 is 0.952 bits per heavy atom. The highest BCUT2D eigenvalue weighted by Gasteiger charge is 2.02. The zero-order valence-electron chi connectivity index (χ0n) is 11.8. The van der Waals surface area contributed by atoms with Crippen LogP contribution >= 0.6 is 11.6 Å². The van der Waals surface area contributed by atoms with Gasteiger partial charge in [0.15, 0.2) is 0 Å². The van der Waals surface area contributed by atoms with Gasteiger partial charge < -0.3 is 11.1 Å². The summed E-state index contributed by atoms with van der Waals surface area (Å²) >= 11 is 5.83. The summed E-state index contributed by atoms with van der Waals surface area (Å²) in [6.45, 7) is 0.641. The molecule has 0 atom stereocenters. The number of carbonyl (C=O) groups is 1. The van der Waals surface area contributed by atoms with E-state index in [1.54, 1.807) is 0 Å². The number of nitrogens with one attached hydrogen (secondary N) is 1. The minimum absolute atomic E-state index is 0.0702. The van der Waals surface area contributed by atoms with Crippen molar-refractivity contribution in [1.82, 2.24) is 5.32 Å². The minimum Gasteiger partial charge on any atom is -0.399 e. The van der Waals surface area contributed by atoms with Crippen molar-refractivity contribution < 1.29 is 4.79 Å². The molecule has 21 heavy (non-hydrogen) atoms. The first-order valence-electron chi connectivity index (χ1n) is 6.99. The highest BCUT2D eigenvalue weighted by Crippen LogP contribution is 2.10. The molecule has 0 spiro atoms. The fourth-order valence-electron chi connectivity index (χ4n) is 2.03. The summed E-state index contributed by atoms with van der Waals surface area (Å²) in [6.07, 6.45) is 2.03. The van der Waals surface area contributed by atoms with Gasteiger partial charge in [0.05, 0.1) is 0 Å². The molecule has 0 radical (unpaired) electrons. The van der Waals surface area contributed by atoms with Gasteiger partial charge in [-0.15, -0.1) is 0 Å². The molecule has 0 aromatic heterocycles. The summed E-state index contributed by atoms with van der Waals surface area (Å²) in [5, 5.41) is 3.66. The molecule has 0 unspecified atom stereocenters. The average Bonchev–Trinajstić information content (AvgIpc) is 2.49. The number of hydrogen-bond acceptors (Lipinski definition) is 2. The molecule has 0 fully saturated rings. The Morgan fingerprint density at radius 2 is 1.52 bits per heavy atom. The van der Waals surface area contributed by atoms with Gasteiger partial charge in [-0.1, -0.05) is 35.9 Å². The molecule has 0 bridgehead atoms. The number of rotatable bonds is 6. The van der Waals surface area contributed by atoms with E-state index in [1.807, 2.05) is 48.5 Å². The molecule has 2 rings (SSSR count). The maximum absolute atomic E-state index is 11.8.